The van der Waals surface area contributed by atoms with Crippen molar-refractivity contribution in [3.8, 4) is 0 Å². The lowest BCUT2D eigenvalue weighted by Crippen LogP contribution is -2.40. The van der Waals surface area contributed by atoms with Gasteiger partial charge >= 0.3 is 6.18 Å². The molecule has 4 rings (SSSR count). The quantitative estimate of drug-likeness (QED) is 0.422. The van der Waals surface area contributed by atoms with E-state index in [4.69, 9.17) is 0 Å². The summed E-state index contributed by atoms with van der Waals surface area (Å²) < 4.78 is 51.9. The molecule has 2 aromatic rings. The van der Waals surface area contributed by atoms with Gasteiger partial charge in [-0.2, -0.15) is 13.2 Å². The van der Waals surface area contributed by atoms with E-state index in [0.717, 1.165) is 69.7 Å². The third-order valence-corrected chi connectivity index (χ3v) is 7.08. The average molecular weight is 506 g/mol. The van der Waals surface area contributed by atoms with Gasteiger partial charge in [-0.05, 0) is 62.1 Å². The summed E-state index contributed by atoms with van der Waals surface area (Å²) in [5.74, 6) is -0.976. The van der Waals surface area contributed by atoms with Crippen LogP contribution in [-0.2, 0) is 11.0 Å². The number of hydrogen-bond acceptors (Lipinski definition) is 4. The SMILES string of the molecule is O=C(CCC(=O)c1cccc(C(F)(F)F)c1)N[C@@H]1CCN([C@H]2CCCN(c3ccc(F)cc3)CC2)C1. The highest BCUT2D eigenvalue weighted by Gasteiger charge is 2.32. The number of rotatable bonds is 7. The zero-order chi connectivity index (χ0) is 25.7. The van der Waals surface area contributed by atoms with Crippen molar-refractivity contribution in [3.63, 3.8) is 0 Å². The van der Waals surface area contributed by atoms with E-state index in [1.54, 1.807) is 0 Å². The van der Waals surface area contributed by atoms with Crippen molar-refractivity contribution in [2.24, 2.45) is 0 Å². The van der Waals surface area contributed by atoms with Crippen LogP contribution in [0.2, 0.25) is 0 Å². The molecule has 2 atom stereocenters. The number of anilines is 1. The molecule has 2 fully saturated rings. The van der Waals surface area contributed by atoms with E-state index in [2.05, 4.69) is 15.1 Å². The van der Waals surface area contributed by atoms with Crippen LogP contribution in [-0.4, -0.2) is 54.9 Å². The van der Waals surface area contributed by atoms with Gasteiger partial charge in [-0.3, -0.25) is 14.5 Å². The Labute approximate surface area is 208 Å². The summed E-state index contributed by atoms with van der Waals surface area (Å²) in [5.41, 5.74) is 0.124. The minimum atomic E-state index is -4.52. The summed E-state index contributed by atoms with van der Waals surface area (Å²) in [6.45, 7) is 3.45. The van der Waals surface area contributed by atoms with E-state index in [9.17, 15) is 27.2 Å². The van der Waals surface area contributed by atoms with Crippen LogP contribution in [0.1, 0.15) is 54.4 Å². The molecular formula is C27H31F4N3O2. The maximum absolute atomic E-state index is 13.2. The summed E-state index contributed by atoms with van der Waals surface area (Å²) >= 11 is 0. The summed E-state index contributed by atoms with van der Waals surface area (Å²) in [4.78, 5) is 29.4. The Bertz CT molecular complexity index is 1060. The zero-order valence-electron chi connectivity index (χ0n) is 20.1. The van der Waals surface area contributed by atoms with Gasteiger partial charge < -0.3 is 10.2 Å². The Morgan fingerprint density at radius 2 is 1.72 bits per heavy atom. The van der Waals surface area contributed by atoms with E-state index in [-0.39, 0.29) is 36.2 Å². The monoisotopic (exact) mass is 505 g/mol. The van der Waals surface area contributed by atoms with Crippen LogP contribution in [0.3, 0.4) is 0 Å². The molecule has 0 bridgehead atoms. The summed E-state index contributed by atoms with van der Waals surface area (Å²) in [7, 11) is 0. The molecule has 194 valence electrons. The summed E-state index contributed by atoms with van der Waals surface area (Å²) in [6.07, 6.45) is -0.794. The van der Waals surface area contributed by atoms with E-state index in [1.807, 2.05) is 12.1 Å². The highest BCUT2D eigenvalue weighted by Crippen LogP contribution is 2.30. The second-order valence-corrected chi connectivity index (χ2v) is 9.60. The molecule has 5 nitrogen and oxygen atoms in total. The second kappa shape index (κ2) is 11.4. The number of hydrogen-bond donors (Lipinski definition) is 1. The molecule has 2 aliphatic heterocycles. The van der Waals surface area contributed by atoms with Gasteiger partial charge in [0.25, 0.3) is 0 Å². The van der Waals surface area contributed by atoms with Crippen molar-refractivity contribution in [2.45, 2.75) is 56.8 Å². The van der Waals surface area contributed by atoms with Crippen LogP contribution in [0.4, 0.5) is 23.2 Å². The van der Waals surface area contributed by atoms with Crippen molar-refractivity contribution in [1.82, 2.24) is 10.2 Å². The lowest BCUT2D eigenvalue weighted by molar-refractivity contribution is -0.137. The Hall–Kier alpha value is -2.94. The first kappa shape index (κ1) is 26.1. The molecule has 0 unspecified atom stereocenters. The topological polar surface area (TPSA) is 52.7 Å². The molecule has 0 saturated carbocycles. The fraction of sp³-hybridized carbons (Fsp3) is 0.481. The molecule has 9 heteroatoms. The number of ketones is 1. The highest BCUT2D eigenvalue weighted by atomic mass is 19.4. The average Bonchev–Trinajstić information content (AvgIpc) is 3.17. The molecule has 36 heavy (non-hydrogen) atoms. The number of carbonyl (C=O) groups is 2. The van der Waals surface area contributed by atoms with Crippen LogP contribution in [0.5, 0.6) is 0 Å². The second-order valence-electron chi connectivity index (χ2n) is 9.60. The number of likely N-dealkylation sites (tertiary alicyclic amines) is 1. The van der Waals surface area contributed by atoms with Gasteiger partial charge in [-0.1, -0.05) is 12.1 Å². The van der Waals surface area contributed by atoms with Gasteiger partial charge in [0.05, 0.1) is 5.56 Å². The van der Waals surface area contributed by atoms with Gasteiger partial charge in [0, 0.05) is 62.4 Å². The van der Waals surface area contributed by atoms with Crippen LogP contribution in [0, 0.1) is 5.82 Å². The minimum absolute atomic E-state index is 0.00221. The van der Waals surface area contributed by atoms with Crippen molar-refractivity contribution < 1.29 is 27.2 Å². The standard InChI is InChI=1S/C27H31F4N3O2/c28-21-6-8-24(9-7-21)33-14-2-5-23(13-16-33)34-15-12-22(18-34)32-26(36)11-10-25(35)19-3-1-4-20(17-19)27(29,30)31/h1,3-4,6-9,17,22-23H,2,5,10-16,18H2,(H,32,36)/t22-,23+/m1/s1. The Morgan fingerprint density at radius 1 is 0.944 bits per heavy atom. The Balaban J connectivity index is 1.21. The predicted molar refractivity (Wildman–Crippen MR) is 129 cm³/mol. The molecule has 1 N–H and O–H groups in total. The molecule has 0 aromatic heterocycles. The van der Waals surface area contributed by atoms with E-state index in [0.29, 0.717) is 6.04 Å². The first-order valence-electron chi connectivity index (χ1n) is 12.4. The van der Waals surface area contributed by atoms with Crippen molar-refractivity contribution >= 4 is 17.4 Å². The largest absolute Gasteiger partial charge is 0.416 e. The van der Waals surface area contributed by atoms with Crippen LogP contribution in [0.15, 0.2) is 48.5 Å². The number of carbonyl (C=O) groups excluding carboxylic acids is 2. The molecule has 2 aromatic carbocycles. The lowest BCUT2D eigenvalue weighted by atomic mass is 10.0. The van der Waals surface area contributed by atoms with Crippen molar-refractivity contribution in [2.75, 3.05) is 31.1 Å². The van der Waals surface area contributed by atoms with Crippen molar-refractivity contribution in [1.29, 1.82) is 0 Å². The van der Waals surface area contributed by atoms with E-state index >= 15 is 0 Å². The number of nitrogens with zero attached hydrogens (tertiary/aromatic N) is 2. The molecule has 0 radical (unpaired) electrons. The molecule has 2 saturated heterocycles. The van der Waals surface area contributed by atoms with Gasteiger partial charge in [-0.25, -0.2) is 4.39 Å². The molecular weight excluding hydrogens is 474 g/mol. The zero-order valence-corrected chi connectivity index (χ0v) is 20.1. The van der Waals surface area contributed by atoms with Gasteiger partial charge in [0.2, 0.25) is 5.91 Å². The number of benzene rings is 2. The maximum atomic E-state index is 13.2. The molecule has 1 amide bonds. The summed E-state index contributed by atoms with van der Waals surface area (Å²) in [6, 6.07) is 11.3. The van der Waals surface area contributed by atoms with Gasteiger partial charge in [0.15, 0.2) is 5.78 Å². The van der Waals surface area contributed by atoms with Crippen LogP contribution < -0.4 is 10.2 Å². The van der Waals surface area contributed by atoms with Crippen molar-refractivity contribution in [3.05, 3.63) is 65.5 Å². The Kier molecular flexibility index (Phi) is 8.28. The normalized spacial score (nSPS) is 21.3. The minimum Gasteiger partial charge on any atom is -0.371 e. The molecule has 2 heterocycles. The maximum Gasteiger partial charge on any atom is 0.416 e. The highest BCUT2D eigenvalue weighted by molar-refractivity contribution is 5.98. The van der Waals surface area contributed by atoms with E-state index < -0.39 is 17.5 Å². The number of alkyl halides is 3. The Morgan fingerprint density at radius 3 is 2.47 bits per heavy atom. The van der Waals surface area contributed by atoms with Gasteiger partial charge in [0.1, 0.15) is 5.82 Å². The molecule has 0 aliphatic carbocycles. The van der Waals surface area contributed by atoms with Crippen LogP contribution >= 0.6 is 0 Å². The number of halogens is 4. The van der Waals surface area contributed by atoms with Crippen LogP contribution in [0.25, 0.3) is 0 Å². The third kappa shape index (κ3) is 6.84. The first-order chi connectivity index (χ1) is 17.2. The first-order valence-corrected chi connectivity index (χ1v) is 12.4. The smallest absolute Gasteiger partial charge is 0.371 e. The van der Waals surface area contributed by atoms with E-state index in [1.165, 1.54) is 24.3 Å². The fourth-order valence-corrected chi connectivity index (χ4v) is 5.13. The number of amides is 1. The summed E-state index contributed by atoms with van der Waals surface area (Å²) in [5, 5.41) is 2.99. The number of Topliss-reactive ketones (excluding diaryl/α,β-unsaturated/α-hetero) is 1. The number of nitrogens with one attached hydrogen (secondary N) is 1. The fourth-order valence-electron chi connectivity index (χ4n) is 5.13. The predicted octanol–water partition coefficient (Wildman–Crippen LogP) is 5.06. The third-order valence-electron chi connectivity index (χ3n) is 7.08. The van der Waals surface area contributed by atoms with Gasteiger partial charge in [-0.15, -0.1) is 0 Å². The lowest BCUT2D eigenvalue weighted by Gasteiger charge is -2.27. The molecule has 0 spiro atoms. The molecule has 2 aliphatic rings.